The molecule has 0 fully saturated rings. The molecule has 0 aliphatic rings. The van der Waals surface area contributed by atoms with Crippen molar-refractivity contribution in [2.45, 2.75) is 19.8 Å². The van der Waals surface area contributed by atoms with E-state index in [0.29, 0.717) is 16.6 Å². The molecule has 0 saturated heterocycles. The summed E-state index contributed by atoms with van der Waals surface area (Å²) in [5.74, 6) is -0.0223. The van der Waals surface area contributed by atoms with Crippen molar-refractivity contribution in [1.29, 1.82) is 0 Å². The van der Waals surface area contributed by atoms with Crippen LogP contribution in [0, 0.1) is 0 Å². The number of halogens is 1. The fraction of sp³-hybridized carbons (Fsp3) is 0.308. The van der Waals surface area contributed by atoms with Gasteiger partial charge in [-0.2, -0.15) is 0 Å². The van der Waals surface area contributed by atoms with E-state index in [0.717, 1.165) is 16.5 Å². The summed E-state index contributed by atoms with van der Waals surface area (Å²) in [4.78, 5) is 14.6. The van der Waals surface area contributed by atoms with Crippen LogP contribution in [-0.4, -0.2) is 18.1 Å². The summed E-state index contributed by atoms with van der Waals surface area (Å²) in [5.41, 5.74) is 2.48. The minimum absolute atomic E-state index is 0.360. The van der Waals surface area contributed by atoms with E-state index in [4.69, 9.17) is 16.3 Å². The molecule has 1 N–H and O–H groups in total. The van der Waals surface area contributed by atoms with Crippen molar-refractivity contribution >= 4 is 28.5 Å². The minimum atomic E-state index is -0.382. The second kappa shape index (κ2) is 4.41. The summed E-state index contributed by atoms with van der Waals surface area (Å²) in [6.45, 7) is 4.20. The molecule has 90 valence electrons. The molecule has 0 radical (unpaired) electrons. The van der Waals surface area contributed by atoms with Gasteiger partial charge in [0, 0.05) is 10.4 Å². The van der Waals surface area contributed by atoms with E-state index in [1.54, 1.807) is 6.07 Å². The van der Waals surface area contributed by atoms with Crippen LogP contribution in [0.4, 0.5) is 0 Å². The normalized spacial score (nSPS) is 11.1. The number of nitrogens with one attached hydrogen (secondary N) is 1. The van der Waals surface area contributed by atoms with Crippen molar-refractivity contribution in [1.82, 2.24) is 4.98 Å². The third-order valence-corrected chi connectivity index (χ3v) is 3.13. The number of fused-ring (bicyclic) bond motifs is 1. The van der Waals surface area contributed by atoms with E-state index >= 15 is 0 Å². The topological polar surface area (TPSA) is 42.1 Å². The molecule has 1 aromatic carbocycles. The van der Waals surface area contributed by atoms with Crippen LogP contribution < -0.4 is 0 Å². The molecule has 0 bridgehead atoms. The van der Waals surface area contributed by atoms with E-state index in [-0.39, 0.29) is 5.97 Å². The molecule has 0 unspecified atom stereocenters. The lowest BCUT2D eigenvalue weighted by atomic mass is 10.0. The van der Waals surface area contributed by atoms with Gasteiger partial charge in [-0.15, -0.1) is 0 Å². The van der Waals surface area contributed by atoms with E-state index < -0.39 is 0 Å². The third kappa shape index (κ3) is 2.03. The number of aromatic nitrogens is 1. The maximum Gasteiger partial charge on any atom is 0.354 e. The van der Waals surface area contributed by atoms with Crippen molar-refractivity contribution in [3.63, 3.8) is 0 Å². The van der Waals surface area contributed by atoms with E-state index in [9.17, 15) is 4.79 Å². The first-order chi connectivity index (χ1) is 8.04. The number of carbonyl (C=O) groups is 1. The molecular weight excluding hydrogens is 238 g/mol. The van der Waals surface area contributed by atoms with Crippen molar-refractivity contribution in [2.24, 2.45) is 0 Å². The molecule has 0 spiro atoms. The fourth-order valence-electron chi connectivity index (χ4n) is 1.91. The van der Waals surface area contributed by atoms with Crippen LogP contribution in [0.2, 0.25) is 5.02 Å². The molecule has 0 aliphatic heterocycles. The summed E-state index contributed by atoms with van der Waals surface area (Å²) in [5, 5.41) is 1.49. The van der Waals surface area contributed by atoms with Gasteiger partial charge in [0.05, 0.1) is 12.6 Å². The number of ether oxygens (including phenoxy) is 1. The standard InChI is InChI=1S/C13H14ClNO2/c1-7(2)8-4-5-10(14)9-6-11(13(16)17-3)15-12(8)9/h4-7,15H,1-3H3. The molecule has 0 atom stereocenters. The van der Waals surface area contributed by atoms with Crippen LogP contribution in [-0.2, 0) is 4.74 Å². The van der Waals surface area contributed by atoms with Gasteiger partial charge in [0.25, 0.3) is 0 Å². The molecule has 3 nitrogen and oxygen atoms in total. The number of H-pyrrole nitrogens is 1. The molecule has 1 heterocycles. The van der Waals surface area contributed by atoms with Crippen LogP contribution in [0.25, 0.3) is 10.9 Å². The predicted octanol–water partition coefficient (Wildman–Crippen LogP) is 3.73. The highest BCUT2D eigenvalue weighted by Gasteiger charge is 2.15. The molecule has 0 aliphatic carbocycles. The minimum Gasteiger partial charge on any atom is -0.464 e. The Kier molecular flexibility index (Phi) is 3.11. The number of hydrogen-bond donors (Lipinski definition) is 1. The molecular formula is C13H14ClNO2. The van der Waals surface area contributed by atoms with E-state index in [2.05, 4.69) is 18.8 Å². The number of methoxy groups -OCH3 is 1. The molecule has 0 saturated carbocycles. The second-order valence-electron chi connectivity index (χ2n) is 4.25. The average molecular weight is 252 g/mol. The molecule has 17 heavy (non-hydrogen) atoms. The summed E-state index contributed by atoms with van der Waals surface area (Å²) in [6.07, 6.45) is 0. The Morgan fingerprint density at radius 2 is 2.12 bits per heavy atom. The Balaban J connectivity index is 2.69. The second-order valence-corrected chi connectivity index (χ2v) is 4.66. The zero-order chi connectivity index (χ0) is 12.6. The Labute approximate surface area is 105 Å². The van der Waals surface area contributed by atoms with Crippen LogP contribution in [0.15, 0.2) is 18.2 Å². The van der Waals surface area contributed by atoms with Gasteiger partial charge < -0.3 is 9.72 Å². The van der Waals surface area contributed by atoms with Crippen molar-refractivity contribution in [3.05, 3.63) is 34.5 Å². The van der Waals surface area contributed by atoms with Gasteiger partial charge in [0.2, 0.25) is 0 Å². The molecule has 0 amide bonds. The Hall–Kier alpha value is -1.48. The number of esters is 1. The lowest BCUT2D eigenvalue weighted by Crippen LogP contribution is -2.00. The highest BCUT2D eigenvalue weighted by molar-refractivity contribution is 6.35. The smallest absolute Gasteiger partial charge is 0.354 e. The lowest BCUT2D eigenvalue weighted by molar-refractivity contribution is 0.0595. The third-order valence-electron chi connectivity index (χ3n) is 2.80. The Bertz CT molecular complexity index is 572. The van der Waals surface area contributed by atoms with Gasteiger partial charge in [0.1, 0.15) is 5.69 Å². The van der Waals surface area contributed by atoms with Crippen LogP contribution in [0.3, 0.4) is 0 Å². The van der Waals surface area contributed by atoms with Gasteiger partial charge in [0.15, 0.2) is 0 Å². The summed E-state index contributed by atoms with van der Waals surface area (Å²) in [6, 6.07) is 5.57. The van der Waals surface area contributed by atoms with Gasteiger partial charge in [-0.05, 0) is 23.6 Å². The zero-order valence-corrected chi connectivity index (χ0v) is 10.8. The van der Waals surface area contributed by atoms with Gasteiger partial charge in [-0.3, -0.25) is 0 Å². The predicted molar refractivity (Wildman–Crippen MR) is 68.7 cm³/mol. The van der Waals surface area contributed by atoms with Crippen LogP contribution in [0.1, 0.15) is 35.8 Å². The fourth-order valence-corrected chi connectivity index (χ4v) is 2.12. The highest BCUT2D eigenvalue weighted by atomic mass is 35.5. The first kappa shape index (κ1) is 12.0. The number of aromatic amines is 1. The Morgan fingerprint density at radius 3 is 2.71 bits per heavy atom. The Morgan fingerprint density at radius 1 is 1.41 bits per heavy atom. The van der Waals surface area contributed by atoms with Crippen LogP contribution in [0.5, 0.6) is 0 Å². The van der Waals surface area contributed by atoms with E-state index in [1.807, 2.05) is 12.1 Å². The first-order valence-electron chi connectivity index (χ1n) is 5.44. The van der Waals surface area contributed by atoms with Crippen molar-refractivity contribution in [3.8, 4) is 0 Å². The zero-order valence-electron chi connectivity index (χ0n) is 10.0. The molecule has 2 rings (SSSR count). The van der Waals surface area contributed by atoms with E-state index in [1.165, 1.54) is 7.11 Å². The van der Waals surface area contributed by atoms with Crippen molar-refractivity contribution in [2.75, 3.05) is 7.11 Å². The molecule has 2 aromatic rings. The van der Waals surface area contributed by atoms with Gasteiger partial charge in [-0.25, -0.2) is 4.79 Å². The highest BCUT2D eigenvalue weighted by Crippen LogP contribution is 2.31. The maximum absolute atomic E-state index is 11.5. The SMILES string of the molecule is COC(=O)c1cc2c(Cl)ccc(C(C)C)c2[nH]1. The van der Waals surface area contributed by atoms with Crippen LogP contribution >= 0.6 is 11.6 Å². The molecule has 4 heteroatoms. The number of benzene rings is 1. The van der Waals surface area contributed by atoms with Crippen molar-refractivity contribution < 1.29 is 9.53 Å². The quantitative estimate of drug-likeness (QED) is 0.827. The molecule has 1 aromatic heterocycles. The van der Waals surface area contributed by atoms with Gasteiger partial charge in [-0.1, -0.05) is 31.5 Å². The first-order valence-corrected chi connectivity index (χ1v) is 5.81. The lowest BCUT2D eigenvalue weighted by Gasteiger charge is -2.07. The largest absolute Gasteiger partial charge is 0.464 e. The average Bonchev–Trinajstić information content (AvgIpc) is 2.73. The number of hydrogen-bond acceptors (Lipinski definition) is 2. The number of rotatable bonds is 2. The number of carbonyl (C=O) groups excluding carboxylic acids is 1. The summed E-state index contributed by atoms with van der Waals surface area (Å²) < 4.78 is 4.69. The van der Waals surface area contributed by atoms with Gasteiger partial charge >= 0.3 is 5.97 Å². The maximum atomic E-state index is 11.5. The monoisotopic (exact) mass is 251 g/mol. The summed E-state index contributed by atoms with van der Waals surface area (Å²) in [7, 11) is 1.36. The summed E-state index contributed by atoms with van der Waals surface area (Å²) >= 11 is 6.12.